The third kappa shape index (κ3) is 3.93. The summed E-state index contributed by atoms with van der Waals surface area (Å²) in [4.78, 5) is 15.5. The highest BCUT2D eigenvalue weighted by atomic mass is 16.5. The second kappa shape index (κ2) is 7.23. The Morgan fingerprint density at radius 2 is 1.90 bits per heavy atom. The first-order chi connectivity index (χ1) is 9.72. The molecule has 7 nitrogen and oxygen atoms in total. The van der Waals surface area contributed by atoms with Crippen molar-refractivity contribution in [1.29, 1.82) is 0 Å². The Balaban J connectivity index is 2.08. The SMILES string of the molecule is CNc1nc(NC(C)CCOC)nc(N2CCCC2)n1. The molecule has 0 spiro atoms. The lowest BCUT2D eigenvalue weighted by atomic mass is 10.2. The zero-order valence-electron chi connectivity index (χ0n) is 12.5. The van der Waals surface area contributed by atoms with E-state index >= 15 is 0 Å². The van der Waals surface area contributed by atoms with Crippen LogP contribution in [0.25, 0.3) is 0 Å². The van der Waals surface area contributed by atoms with Gasteiger partial charge in [-0.3, -0.25) is 0 Å². The fourth-order valence-electron chi connectivity index (χ4n) is 2.19. The number of ether oxygens (including phenoxy) is 1. The van der Waals surface area contributed by atoms with Crippen LogP contribution in [0.1, 0.15) is 26.2 Å². The quantitative estimate of drug-likeness (QED) is 0.780. The molecule has 1 atom stereocenters. The molecule has 20 heavy (non-hydrogen) atoms. The molecule has 0 amide bonds. The van der Waals surface area contributed by atoms with Gasteiger partial charge in [0.1, 0.15) is 0 Å². The van der Waals surface area contributed by atoms with Crippen molar-refractivity contribution in [3.05, 3.63) is 0 Å². The minimum absolute atomic E-state index is 0.258. The second-order valence-corrected chi connectivity index (χ2v) is 5.05. The van der Waals surface area contributed by atoms with Crippen LogP contribution in [0.3, 0.4) is 0 Å². The van der Waals surface area contributed by atoms with Crippen molar-refractivity contribution in [2.75, 3.05) is 49.4 Å². The largest absolute Gasteiger partial charge is 0.385 e. The molecule has 7 heteroatoms. The van der Waals surface area contributed by atoms with Crippen molar-refractivity contribution in [3.63, 3.8) is 0 Å². The lowest BCUT2D eigenvalue weighted by Crippen LogP contribution is -2.24. The van der Waals surface area contributed by atoms with Crippen LogP contribution in [0.4, 0.5) is 17.8 Å². The number of hydrogen-bond donors (Lipinski definition) is 2. The molecule has 1 aliphatic heterocycles. The molecule has 2 heterocycles. The second-order valence-electron chi connectivity index (χ2n) is 5.05. The highest BCUT2D eigenvalue weighted by molar-refractivity contribution is 5.44. The van der Waals surface area contributed by atoms with E-state index in [-0.39, 0.29) is 6.04 Å². The Morgan fingerprint density at radius 1 is 1.20 bits per heavy atom. The summed E-state index contributed by atoms with van der Waals surface area (Å²) in [6.07, 6.45) is 3.32. The van der Waals surface area contributed by atoms with Crippen LogP contribution in [0.5, 0.6) is 0 Å². The molecule has 1 aliphatic rings. The van der Waals surface area contributed by atoms with Crippen molar-refractivity contribution >= 4 is 17.8 Å². The molecule has 2 rings (SSSR count). The lowest BCUT2D eigenvalue weighted by Gasteiger charge is -2.18. The van der Waals surface area contributed by atoms with Gasteiger partial charge in [0.05, 0.1) is 0 Å². The van der Waals surface area contributed by atoms with E-state index in [9.17, 15) is 0 Å². The van der Waals surface area contributed by atoms with Gasteiger partial charge in [0.15, 0.2) is 0 Å². The summed E-state index contributed by atoms with van der Waals surface area (Å²) in [6, 6.07) is 0.258. The summed E-state index contributed by atoms with van der Waals surface area (Å²) in [5.41, 5.74) is 0. The summed E-state index contributed by atoms with van der Waals surface area (Å²) in [7, 11) is 3.53. The maximum atomic E-state index is 5.09. The van der Waals surface area contributed by atoms with Crippen LogP contribution < -0.4 is 15.5 Å². The molecule has 1 aromatic rings. The number of hydrogen-bond acceptors (Lipinski definition) is 7. The van der Waals surface area contributed by atoms with Gasteiger partial charge in [-0.05, 0) is 26.2 Å². The van der Waals surface area contributed by atoms with Crippen molar-refractivity contribution in [3.8, 4) is 0 Å². The first kappa shape index (κ1) is 14.8. The average molecular weight is 280 g/mol. The van der Waals surface area contributed by atoms with Gasteiger partial charge >= 0.3 is 0 Å². The summed E-state index contributed by atoms with van der Waals surface area (Å²) >= 11 is 0. The zero-order valence-corrected chi connectivity index (χ0v) is 12.5. The normalized spacial score (nSPS) is 16.2. The lowest BCUT2D eigenvalue weighted by molar-refractivity contribution is 0.191. The topological polar surface area (TPSA) is 75.2 Å². The van der Waals surface area contributed by atoms with E-state index in [2.05, 4.69) is 37.4 Å². The molecule has 2 N–H and O–H groups in total. The standard InChI is InChI=1S/C13H24N6O/c1-10(6-9-20-3)15-12-16-11(14-2)17-13(18-12)19-7-4-5-8-19/h10H,4-9H2,1-3H3,(H2,14,15,16,17,18). The molecular weight excluding hydrogens is 256 g/mol. The van der Waals surface area contributed by atoms with E-state index in [1.165, 1.54) is 12.8 Å². The Hall–Kier alpha value is -1.63. The van der Waals surface area contributed by atoms with Crippen molar-refractivity contribution < 1.29 is 4.74 Å². The van der Waals surface area contributed by atoms with Crippen LogP contribution in [-0.4, -0.2) is 54.8 Å². The third-order valence-corrected chi connectivity index (χ3v) is 3.37. The molecule has 0 bridgehead atoms. The first-order valence-corrected chi connectivity index (χ1v) is 7.17. The molecule has 1 unspecified atom stereocenters. The van der Waals surface area contributed by atoms with Gasteiger partial charge in [0, 0.05) is 39.9 Å². The van der Waals surface area contributed by atoms with Gasteiger partial charge in [0.2, 0.25) is 17.8 Å². The molecule has 0 aromatic carbocycles. The molecule has 0 radical (unpaired) electrons. The van der Waals surface area contributed by atoms with Gasteiger partial charge < -0.3 is 20.3 Å². The molecule has 1 aromatic heterocycles. The number of methoxy groups -OCH3 is 1. The maximum Gasteiger partial charge on any atom is 0.231 e. The zero-order chi connectivity index (χ0) is 14.4. The van der Waals surface area contributed by atoms with Crippen molar-refractivity contribution in [2.45, 2.75) is 32.2 Å². The smallest absolute Gasteiger partial charge is 0.231 e. The highest BCUT2D eigenvalue weighted by Gasteiger charge is 2.17. The molecular formula is C13H24N6O. The number of nitrogens with zero attached hydrogens (tertiary/aromatic N) is 4. The van der Waals surface area contributed by atoms with Gasteiger partial charge in [-0.15, -0.1) is 0 Å². The molecule has 0 saturated carbocycles. The predicted octanol–water partition coefficient (Wildman–Crippen LogP) is 1.35. The Bertz CT molecular complexity index is 421. The number of rotatable bonds is 7. The van der Waals surface area contributed by atoms with E-state index in [1.807, 2.05) is 7.05 Å². The van der Waals surface area contributed by atoms with Gasteiger partial charge in [-0.25, -0.2) is 0 Å². The van der Waals surface area contributed by atoms with E-state index in [1.54, 1.807) is 7.11 Å². The van der Waals surface area contributed by atoms with Gasteiger partial charge in [0.25, 0.3) is 0 Å². The van der Waals surface area contributed by atoms with Gasteiger partial charge in [-0.2, -0.15) is 15.0 Å². The maximum absolute atomic E-state index is 5.09. The fourth-order valence-corrected chi connectivity index (χ4v) is 2.19. The van der Waals surface area contributed by atoms with Crippen LogP contribution >= 0.6 is 0 Å². The molecule has 1 fully saturated rings. The molecule has 112 valence electrons. The number of anilines is 3. The summed E-state index contributed by atoms with van der Waals surface area (Å²) in [5.74, 6) is 1.97. The monoisotopic (exact) mass is 280 g/mol. The van der Waals surface area contributed by atoms with E-state index in [4.69, 9.17) is 4.74 Å². The van der Waals surface area contributed by atoms with Crippen LogP contribution in [0.2, 0.25) is 0 Å². The van der Waals surface area contributed by atoms with Gasteiger partial charge in [-0.1, -0.05) is 0 Å². The predicted molar refractivity (Wildman–Crippen MR) is 80.4 cm³/mol. The fraction of sp³-hybridized carbons (Fsp3) is 0.769. The Morgan fingerprint density at radius 3 is 2.55 bits per heavy atom. The number of nitrogens with one attached hydrogen (secondary N) is 2. The van der Waals surface area contributed by atoms with E-state index in [0.29, 0.717) is 11.9 Å². The van der Waals surface area contributed by atoms with Crippen LogP contribution in [0, 0.1) is 0 Å². The Labute approximate surface area is 120 Å². The number of aromatic nitrogens is 3. The summed E-state index contributed by atoms with van der Waals surface area (Å²) in [6.45, 7) is 4.85. The molecule has 1 saturated heterocycles. The first-order valence-electron chi connectivity index (χ1n) is 7.17. The molecule has 0 aliphatic carbocycles. The van der Waals surface area contributed by atoms with E-state index in [0.717, 1.165) is 32.1 Å². The minimum Gasteiger partial charge on any atom is -0.385 e. The van der Waals surface area contributed by atoms with E-state index < -0.39 is 0 Å². The summed E-state index contributed by atoms with van der Waals surface area (Å²) in [5, 5.41) is 6.30. The van der Waals surface area contributed by atoms with Crippen LogP contribution in [0.15, 0.2) is 0 Å². The minimum atomic E-state index is 0.258. The Kier molecular flexibility index (Phi) is 5.34. The highest BCUT2D eigenvalue weighted by Crippen LogP contribution is 2.18. The van der Waals surface area contributed by atoms with Crippen LogP contribution in [-0.2, 0) is 4.74 Å². The average Bonchev–Trinajstić information content (AvgIpc) is 2.99. The third-order valence-electron chi connectivity index (χ3n) is 3.37. The van der Waals surface area contributed by atoms with Crippen molar-refractivity contribution in [2.24, 2.45) is 0 Å². The van der Waals surface area contributed by atoms with Crippen molar-refractivity contribution in [1.82, 2.24) is 15.0 Å². The summed E-state index contributed by atoms with van der Waals surface area (Å²) < 4.78 is 5.09.